The summed E-state index contributed by atoms with van der Waals surface area (Å²) in [6, 6.07) is 7.84. The monoisotopic (exact) mass is 346 g/mol. The summed E-state index contributed by atoms with van der Waals surface area (Å²) in [5.41, 5.74) is 0.448. The lowest BCUT2D eigenvalue weighted by molar-refractivity contribution is -0.127. The largest absolute Gasteiger partial charge is 0.508 e. The molecule has 2 aromatic rings. The minimum absolute atomic E-state index is 0.0595. The van der Waals surface area contributed by atoms with Crippen LogP contribution in [0.5, 0.6) is 5.75 Å². The molecule has 2 aromatic carbocycles. The van der Waals surface area contributed by atoms with Crippen molar-refractivity contribution >= 4 is 11.8 Å². The molecule has 130 valence electrons. The van der Waals surface area contributed by atoms with E-state index < -0.39 is 29.6 Å². The number of benzene rings is 2. The lowest BCUT2D eigenvalue weighted by atomic mass is 9.99. The summed E-state index contributed by atoms with van der Waals surface area (Å²) in [4.78, 5) is 25.9. The Kier molecular flexibility index (Phi) is 4.39. The van der Waals surface area contributed by atoms with Crippen molar-refractivity contribution in [3.63, 3.8) is 0 Å². The predicted molar refractivity (Wildman–Crippen MR) is 85.8 cm³/mol. The van der Waals surface area contributed by atoms with Crippen LogP contribution in [0.1, 0.15) is 28.4 Å². The van der Waals surface area contributed by atoms with Gasteiger partial charge in [0, 0.05) is 19.5 Å². The molecule has 7 heteroatoms. The highest BCUT2D eigenvalue weighted by Crippen LogP contribution is 2.32. The van der Waals surface area contributed by atoms with Gasteiger partial charge in [-0.1, -0.05) is 12.1 Å². The van der Waals surface area contributed by atoms with Gasteiger partial charge in [0.15, 0.2) is 0 Å². The van der Waals surface area contributed by atoms with Crippen molar-refractivity contribution in [1.82, 2.24) is 10.2 Å². The van der Waals surface area contributed by atoms with E-state index in [4.69, 9.17) is 0 Å². The van der Waals surface area contributed by atoms with Crippen molar-refractivity contribution in [2.75, 3.05) is 7.05 Å². The first-order valence-electron chi connectivity index (χ1n) is 7.67. The van der Waals surface area contributed by atoms with Gasteiger partial charge in [-0.15, -0.1) is 0 Å². The molecule has 1 fully saturated rings. The number of likely N-dealkylation sites (tertiary alicyclic amines) is 1. The maximum Gasteiger partial charge on any atom is 0.254 e. The molecular weight excluding hydrogens is 330 g/mol. The van der Waals surface area contributed by atoms with Crippen molar-refractivity contribution in [3.05, 3.63) is 65.2 Å². The Balaban J connectivity index is 1.85. The van der Waals surface area contributed by atoms with Crippen molar-refractivity contribution in [3.8, 4) is 5.75 Å². The number of aromatic hydroxyl groups is 1. The van der Waals surface area contributed by atoms with Crippen molar-refractivity contribution in [2.45, 2.75) is 18.5 Å². The Hall–Kier alpha value is -2.96. The summed E-state index contributed by atoms with van der Waals surface area (Å²) in [6.45, 7) is 0. The summed E-state index contributed by atoms with van der Waals surface area (Å²) in [5.74, 6) is -2.39. The van der Waals surface area contributed by atoms with Crippen LogP contribution in [-0.2, 0) is 4.79 Å². The molecule has 0 bridgehead atoms. The molecule has 2 atom stereocenters. The predicted octanol–water partition coefficient (Wildman–Crippen LogP) is 2.37. The minimum Gasteiger partial charge on any atom is -0.508 e. The van der Waals surface area contributed by atoms with Crippen molar-refractivity contribution < 1.29 is 23.5 Å². The van der Waals surface area contributed by atoms with Crippen LogP contribution in [0.2, 0.25) is 0 Å². The smallest absolute Gasteiger partial charge is 0.254 e. The van der Waals surface area contributed by atoms with E-state index in [9.17, 15) is 23.5 Å². The molecule has 0 unspecified atom stereocenters. The topological polar surface area (TPSA) is 69.6 Å². The molecule has 0 radical (unpaired) electrons. The maximum atomic E-state index is 13.9. The van der Waals surface area contributed by atoms with Gasteiger partial charge in [-0.05, 0) is 29.8 Å². The zero-order valence-electron chi connectivity index (χ0n) is 13.4. The summed E-state index contributed by atoms with van der Waals surface area (Å²) in [6.07, 6.45) is 0.0595. The van der Waals surface area contributed by atoms with Gasteiger partial charge in [0.2, 0.25) is 5.91 Å². The zero-order chi connectivity index (χ0) is 18.1. The number of amides is 2. The Labute approximate surface area is 142 Å². The summed E-state index contributed by atoms with van der Waals surface area (Å²) in [7, 11) is 1.60. The normalized spacial score (nSPS) is 20.0. The van der Waals surface area contributed by atoms with Crippen LogP contribution in [0.25, 0.3) is 0 Å². The average Bonchev–Trinajstić information content (AvgIpc) is 2.82. The molecule has 1 aliphatic heterocycles. The van der Waals surface area contributed by atoms with E-state index in [2.05, 4.69) is 5.32 Å². The van der Waals surface area contributed by atoms with Crippen LogP contribution in [0.3, 0.4) is 0 Å². The summed E-state index contributed by atoms with van der Waals surface area (Å²) in [5, 5.41) is 11.9. The molecule has 1 aliphatic rings. The highest BCUT2D eigenvalue weighted by molar-refractivity contribution is 5.95. The molecule has 0 aliphatic carbocycles. The fourth-order valence-electron chi connectivity index (χ4n) is 3.05. The van der Waals surface area contributed by atoms with Gasteiger partial charge in [0.1, 0.15) is 17.4 Å². The van der Waals surface area contributed by atoms with E-state index in [-0.39, 0.29) is 23.6 Å². The Morgan fingerprint density at radius 1 is 1.20 bits per heavy atom. The molecule has 1 saturated heterocycles. The summed E-state index contributed by atoms with van der Waals surface area (Å²) < 4.78 is 27.0. The van der Waals surface area contributed by atoms with E-state index in [1.807, 2.05) is 0 Å². The van der Waals surface area contributed by atoms with Gasteiger partial charge < -0.3 is 15.3 Å². The second kappa shape index (κ2) is 6.51. The van der Waals surface area contributed by atoms with E-state index in [0.29, 0.717) is 5.56 Å². The van der Waals surface area contributed by atoms with Crippen LogP contribution >= 0.6 is 0 Å². The van der Waals surface area contributed by atoms with Gasteiger partial charge in [0.25, 0.3) is 5.91 Å². The zero-order valence-corrected chi connectivity index (χ0v) is 13.4. The number of halogens is 2. The number of hydrogen-bond donors (Lipinski definition) is 2. The van der Waals surface area contributed by atoms with Gasteiger partial charge in [0.05, 0.1) is 17.6 Å². The molecular formula is C18H16F2N2O3. The third kappa shape index (κ3) is 3.31. The second-order valence-corrected chi connectivity index (χ2v) is 5.95. The molecule has 0 spiro atoms. The molecule has 1 heterocycles. The standard InChI is InChI=1S/C18H16F2N2O3/c1-22-16(24)9-15(17(22)10-2-4-11(19)5-3-10)21-18(25)13-7-6-12(23)8-14(13)20/h2-8,15,17,23H,9H2,1H3,(H,21,25)/t15-,17+/m1/s1. The first kappa shape index (κ1) is 16.9. The summed E-state index contributed by atoms with van der Waals surface area (Å²) >= 11 is 0. The molecule has 0 aromatic heterocycles. The van der Waals surface area contributed by atoms with E-state index >= 15 is 0 Å². The van der Waals surface area contributed by atoms with Crippen LogP contribution in [0.15, 0.2) is 42.5 Å². The molecule has 2 N–H and O–H groups in total. The average molecular weight is 346 g/mol. The third-order valence-electron chi connectivity index (χ3n) is 4.31. The number of rotatable bonds is 3. The minimum atomic E-state index is -0.853. The Bertz CT molecular complexity index is 824. The highest BCUT2D eigenvalue weighted by Gasteiger charge is 2.39. The number of likely N-dealkylation sites (N-methyl/N-ethyl adjacent to an activating group) is 1. The van der Waals surface area contributed by atoms with Gasteiger partial charge >= 0.3 is 0 Å². The number of nitrogens with one attached hydrogen (secondary N) is 1. The van der Waals surface area contributed by atoms with Crippen LogP contribution in [-0.4, -0.2) is 34.9 Å². The third-order valence-corrected chi connectivity index (χ3v) is 4.31. The fraction of sp³-hybridized carbons (Fsp3) is 0.222. The fourth-order valence-corrected chi connectivity index (χ4v) is 3.05. The lowest BCUT2D eigenvalue weighted by Gasteiger charge is -2.26. The Morgan fingerprint density at radius 3 is 2.52 bits per heavy atom. The van der Waals surface area contributed by atoms with E-state index in [1.165, 1.54) is 29.2 Å². The van der Waals surface area contributed by atoms with Gasteiger partial charge in [-0.3, -0.25) is 9.59 Å². The molecule has 0 saturated carbocycles. The van der Waals surface area contributed by atoms with Crippen molar-refractivity contribution in [1.29, 1.82) is 0 Å². The van der Waals surface area contributed by atoms with Gasteiger partial charge in [-0.2, -0.15) is 0 Å². The number of nitrogens with zero attached hydrogens (tertiary/aromatic N) is 1. The van der Waals surface area contributed by atoms with E-state index in [1.54, 1.807) is 19.2 Å². The SMILES string of the molecule is CN1C(=O)C[C@@H](NC(=O)c2ccc(O)cc2F)[C@@H]1c1ccc(F)cc1. The second-order valence-electron chi connectivity index (χ2n) is 5.95. The van der Waals surface area contributed by atoms with Crippen molar-refractivity contribution in [2.24, 2.45) is 0 Å². The quantitative estimate of drug-likeness (QED) is 0.896. The molecule has 5 nitrogen and oxygen atoms in total. The Morgan fingerprint density at radius 2 is 1.88 bits per heavy atom. The van der Waals surface area contributed by atoms with Gasteiger partial charge in [-0.25, -0.2) is 8.78 Å². The van der Waals surface area contributed by atoms with Crippen LogP contribution in [0.4, 0.5) is 8.78 Å². The lowest BCUT2D eigenvalue weighted by Crippen LogP contribution is -2.39. The number of carbonyl (C=O) groups excluding carboxylic acids is 2. The maximum absolute atomic E-state index is 13.9. The number of phenols is 1. The number of hydrogen-bond acceptors (Lipinski definition) is 3. The van der Waals surface area contributed by atoms with E-state index in [0.717, 1.165) is 6.07 Å². The molecule has 3 rings (SSSR count). The van der Waals surface area contributed by atoms with Crippen LogP contribution in [0, 0.1) is 11.6 Å². The van der Waals surface area contributed by atoms with Crippen LogP contribution < -0.4 is 5.32 Å². The molecule has 2 amide bonds. The number of carbonyl (C=O) groups is 2. The molecule has 25 heavy (non-hydrogen) atoms. The highest BCUT2D eigenvalue weighted by atomic mass is 19.1. The first-order valence-corrected chi connectivity index (χ1v) is 7.67. The number of phenolic OH excluding ortho intramolecular Hbond substituents is 1. The first-order chi connectivity index (χ1) is 11.9.